The second kappa shape index (κ2) is 3.89. The Morgan fingerprint density at radius 1 is 1.50 bits per heavy atom. The molecular weight excluding hydrogens is 176 g/mol. The summed E-state index contributed by atoms with van der Waals surface area (Å²) >= 11 is 0. The molecule has 1 unspecified atom stereocenters. The molecule has 3 nitrogen and oxygen atoms in total. The van der Waals surface area contributed by atoms with Crippen molar-refractivity contribution in [1.29, 1.82) is 0 Å². The van der Waals surface area contributed by atoms with E-state index < -0.39 is 0 Å². The maximum atomic E-state index is 11.9. The normalized spacial score (nSPS) is 25.2. The van der Waals surface area contributed by atoms with Crippen LogP contribution in [-0.2, 0) is 4.79 Å². The molecule has 2 N–H and O–H groups in total. The molecule has 2 atom stereocenters. The van der Waals surface area contributed by atoms with Crippen molar-refractivity contribution >= 4 is 5.91 Å². The number of likely N-dealkylation sites (tertiary alicyclic amines) is 1. The molecule has 0 saturated carbocycles. The van der Waals surface area contributed by atoms with Crippen molar-refractivity contribution in [3.63, 3.8) is 0 Å². The van der Waals surface area contributed by atoms with Crippen LogP contribution >= 0.6 is 0 Å². The Morgan fingerprint density at radius 2 is 2.07 bits per heavy atom. The SMILES string of the molecule is CC1CCN(C(=O)[C@H](N)C(C)(C)C)C1. The predicted octanol–water partition coefficient (Wildman–Crippen LogP) is 1.23. The first-order valence-electron chi connectivity index (χ1n) is 5.36. The molecule has 0 bridgehead atoms. The van der Waals surface area contributed by atoms with E-state index in [1.165, 1.54) is 0 Å². The Hall–Kier alpha value is -0.570. The molecule has 0 aliphatic carbocycles. The van der Waals surface area contributed by atoms with E-state index in [9.17, 15) is 4.79 Å². The molecule has 0 radical (unpaired) electrons. The van der Waals surface area contributed by atoms with E-state index >= 15 is 0 Å². The summed E-state index contributed by atoms with van der Waals surface area (Å²) in [6, 6.07) is -0.368. The number of hydrogen-bond donors (Lipinski definition) is 1. The second-order valence-electron chi connectivity index (χ2n) is 5.52. The summed E-state index contributed by atoms with van der Waals surface area (Å²) in [7, 11) is 0. The molecule has 1 amide bonds. The average molecular weight is 198 g/mol. The lowest BCUT2D eigenvalue weighted by Gasteiger charge is -2.29. The topological polar surface area (TPSA) is 46.3 Å². The van der Waals surface area contributed by atoms with Crippen molar-refractivity contribution in [2.24, 2.45) is 17.1 Å². The smallest absolute Gasteiger partial charge is 0.240 e. The number of carbonyl (C=O) groups excluding carboxylic acids is 1. The molecule has 3 heteroatoms. The van der Waals surface area contributed by atoms with Gasteiger partial charge in [0, 0.05) is 13.1 Å². The van der Waals surface area contributed by atoms with Gasteiger partial charge in [0.1, 0.15) is 0 Å². The van der Waals surface area contributed by atoms with Crippen LogP contribution in [0.25, 0.3) is 0 Å². The van der Waals surface area contributed by atoms with Gasteiger partial charge >= 0.3 is 0 Å². The lowest BCUT2D eigenvalue weighted by atomic mass is 9.86. The average Bonchev–Trinajstić information content (AvgIpc) is 2.47. The van der Waals surface area contributed by atoms with E-state index in [2.05, 4.69) is 6.92 Å². The van der Waals surface area contributed by atoms with Crippen LogP contribution in [0.1, 0.15) is 34.1 Å². The van der Waals surface area contributed by atoms with Crippen LogP contribution in [0, 0.1) is 11.3 Å². The van der Waals surface area contributed by atoms with Gasteiger partial charge in [0.05, 0.1) is 6.04 Å². The Balaban J connectivity index is 2.57. The molecule has 0 aromatic heterocycles. The zero-order chi connectivity index (χ0) is 10.9. The quantitative estimate of drug-likeness (QED) is 0.689. The zero-order valence-electron chi connectivity index (χ0n) is 9.71. The van der Waals surface area contributed by atoms with Gasteiger partial charge in [0.25, 0.3) is 0 Å². The molecule has 1 rings (SSSR count). The number of nitrogens with two attached hydrogens (primary N) is 1. The lowest BCUT2D eigenvalue weighted by molar-refractivity contribution is -0.134. The Bertz CT molecular complexity index is 220. The molecule has 1 fully saturated rings. The van der Waals surface area contributed by atoms with Gasteiger partial charge in [-0.25, -0.2) is 0 Å². The molecule has 0 spiro atoms. The van der Waals surface area contributed by atoms with Crippen LogP contribution in [0.5, 0.6) is 0 Å². The fourth-order valence-electron chi connectivity index (χ4n) is 1.70. The number of rotatable bonds is 1. The maximum absolute atomic E-state index is 11.9. The molecule has 82 valence electrons. The Morgan fingerprint density at radius 3 is 2.43 bits per heavy atom. The number of amides is 1. The third-order valence-electron chi connectivity index (χ3n) is 2.93. The first-order chi connectivity index (χ1) is 6.32. The highest BCUT2D eigenvalue weighted by Gasteiger charge is 2.33. The van der Waals surface area contributed by atoms with E-state index in [0.29, 0.717) is 5.92 Å². The second-order valence-corrected chi connectivity index (χ2v) is 5.52. The molecular formula is C11H22N2O. The highest BCUT2D eigenvalue weighted by Crippen LogP contribution is 2.22. The first kappa shape index (κ1) is 11.5. The largest absolute Gasteiger partial charge is 0.341 e. The zero-order valence-corrected chi connectivity index (χ0v) is 9.71. The van der Waals surface area contributed by atoms with Crippen LogP contribution in [0.2, 0.25) is 0 Å². The minimum absolute atomic E-state index is 0.113. The van der Waals surface area contributed by atoms with E-state index in [4.69, 9.17) is 5.73 Å². The molecule has 0 aromatic rings. The van der Waals surface area contributed by atoms with Crippen LogP contribution in [-0.4, -0.2) is 29.9 Å². The van der Waals surface area contributed by atoms with Crippen molar-refractivity contribution in [3.05, 3.63) is 0 Å². The van der Waals surface area contributed by atoms with E-state index in [1.54, 1.807) is 0 Å². The van der Waals surface area contributed by atoms with Crippen molar-refractivity contribution in [1.82, 2.24) is 4.90 Å². The van der Waals surface area contributed by atoms with E-state index in [0.717, 1.165) is 19.5 Å². The Labute approximate surface area is 86.6 Å². The lowest BCUT2D eigenvalue weighted by Crippen LogP contribution is -2.49. The highest BCUT2D eigenvalue weighted by molar-refractivity contribution is 5.82. The van der Waals surface area contributed by atoms with Gasteiger partial charge in [-0.2, -0.15) is 0 Å². The summed E-state index contributed by atoms with van der Waals surface area (Å²) in [5.41, 5.74) is 5.79. The number of carbonyl (C=O) groups is 1. The van der Waals surface area contributed by atoms with Gasteiger partial charge in [-0.15, -0.1) is 0 Å². The molecule has 1 aliphatic heterocycles. The molecule has 1 aliphatic rings. The summed E-state index contributed by atoms with van der Waals surface area (Å²) in [5, 5.41) is 0. The van der Waals surface area contributed by atoms with Crippen LogP contribution < -0.4 is 5.73 Å². The van der Waals surface area contributed by atoms with Gasteiger partial charge in [0.2, 0.25) is 5.91 Å². The summed E-state index contributed by atoms with van der Waals surface area (Å²) in [4.78, 5) is 13.8. The van der Waals surface area contributed by atoms with Crippen LogP contribution in [0.3, 0.4) is 0 Å². The molecule has 1 heterocycles. The summed E-state index contributed by atoms with van der Waals surface area (Å²) in [6.45, 7) is 9.96. The molecule has 1 saturated heterocycles. The van der Waals surface area contributed by atoms with E-state index in [1.807, 2.05) is 25.7 Å². The molecule has 14 heavy (non-hydrogen) atoms. The van der Waals surface area contributed by atoms with Crippen LogP contribution in [0.15, 0.2) is 0 Å². The van der Waals surface area contributed by atoms with Gasteiger partial charge in [-0.1, -0.05) is 27.7 Å². The van der Waals surface area contributed by atoms with Crippen LogP contribution in [0.4, 0.5) is 0 Å². The summed E-state index contributed by atoms with van der Waals surface area (Å²) in [6.07, 6.45) is 1.11. The summed E-state index contributed by atoms with van der Waals surface area (Å²) in [5.74, 6) is 0.743. The fraction of sp³-hybridized carbons (Fsp3) is 0.909. The first-order valence-corrected chi connectivity index (χ1v) is 5.36. The van der Waals surface area contributed by atoms with Crippen molar-refractivity contribution in [2.45, 2.75) is 40.2 Å². The van der Waals surface area contributed by atoms with Gasteiger partial charge < -0.3 is 10.6 Å². The van der Waals surface area contributed by atoms with Crippen molar-refractivity contribution in [2.75, 3.05) is 13.1 Å². The molecule has 0 aromatic carbocycles. The minimum Gasteiger partial charge on any atom is -0.341 e. The van der Waals surface area contributed by atoms with E-state index in [-0.39, 0.29) is 17.4 Å². The highest BCUT2D eigenvalue weighted by atomic mass is 16.2. The van der Waals surface area contributed by atoms with Crippen molar-refractivity contribution < 1.29 is 4.79 Å². The standard InChI is InChI=1S/C11H22N2O/c1-8-5-6-13(7-8)10(14)9(12)11(2,3)4/h8-9H,5-7,12H2,1-4H3/t8?,9-/m0/s1. The third-order valence-corrected chi connectivity index (χ3v) is 2.93. The fourth-order valence-corrected chi connectivity index (χ4v) is 1.70. The number of nitrogens with zero attached hydrogens (tertiary/aromatic N) is 1. The number of hydrogen-bond acceptors (Lipinski definition) is 2. The Kier molecular flexibility index (Phi) is 3.20. The predicted molar refractivity (Wildman–Crippen MR) is 57.8 cm³/mol. The van der Waals surface area contributed by atoms with Gasteiger partial charge in [0.15, 0.2) is 0 Å². The monoisotopic (exact) mass is 198 g/mol. The summed E-state index contributed by atoms with van der Waals surface area (Å²) < 4.78 is 0. The minimum atomic E-state index is -0.368. The van der Waals surface area contributed by atoms with Gasteiger partial charge in [-0.3, -0.25) is 4.79 Å². The van der Waals surface area contributed by atoms with Gasteiger partial charge in [-0.05, 0) is 17.8 Å². The maximum Gasteiger partial charge on any atom is 0.240 e. The van der Waals surface area contributed by atoms with Crippen molar-refractivity contribution in [3.8, 4) is 0 Å². The third kappa shape index (κ3) is 2.47.